The van der Waals surface area contributed by atoms with E-state index in [1.54, 1.807) is 0 Å². The maximum atomic E-state index is 10.0. The molecule has 1 N–H and O–H groups in total. The second kappa shape index (κ2) is 6.42. The molecule has 0 radical (unpaired) electrons. The average molecular weight is 192 g/mol. The van der Waals surface area contributed by atoms with Gasteiger partial charge in [0.05, 0.1) is 35.3 Å². The molecule has 0 spiro atoms. The molecule has 0 heterocycles. The van der Waals surface area contributed by atoms with Gasteiger partial charge in [-0.1, -0.05) is 0 Å². The van der Waals surface area contributed by atoms with E-state index in [1.165, 1.54) is 0 Å². The Kier molecular flexibility index (Phi) is 7.12. The molecule has 0 aliphatic carbocycles. The Morgan fingerprint density at radius 2 is 1.54 bits per heavy atom. The predicted octanol–water partition coefficient (Wildman–Crippen LogP) is -0.0435. The van der Waals surface area contributed by atoms with Crippen molar-refractivity contribution in [2.24, 2.45) is 0 Å². The van der Waals surface area contributed by atoms with Gasteiger partial charge in [0.15, 0.2) is 0 Å². The molecule has 0 rings (SSSR count). The Bertz CT molecular complexity index is 165. The molecule has 0 bridgehead atoms. The Morgan fingerprint density at radius 3 is 1.62 bits per heavy atom. The van der Waals surface area contributed by atoms with Gasteiger partial charge < -0.3 is 14.3 Å². The molecule has 0 aromatic heterocycles. The van der Waals surface area contributed by atoms with Crippen LogP contribution in [0.15, 0.2) is 0 Å². The smallest absolute Gasteiger partial charge is 0.316 e. The van der Waals surface area contributed by atoms with Crippen LogP contribution in [0.2, 0.25) is 0 Å². The van der Waals surface area contributed by atoms with E-state index in [4.69, 9.17) is 5.11 Å². The molecule has 78 valence electrons. The van der Waals surface area contributed by atoms with Gasteiger partial charge in [0.25, 0.3) is 0 Å². The zero-order chi connectivity index (χ0) is 11.1. The highest BCUT2D eigenvalue weighted by Gasteiger charge is 2.04. The molecule has 0 atom stereocenters. The van der Waals surface area contributed by atoms with Gasteiger partial charge in [-0.15, -0.1) is 0 Å². The largest absolute Gasteiger partial charge is 0.481 e. The van der Waals surface area contributed by atoms with Gasteiger partial charge in [-0.2, -0.15) is 0 Å². The zero-order valence-electron chi connectivity index (χ0n) is 8.83. The maximum Gasteiger partial charge on any atom is 0.316 e. The summed E-state index contributed by atoms with van der Waals surface area (Å²) >= 11 is 0. The van der Waals surface area contributed by atoms with Crippen molar-refractivity contribution < 1.29 is 23.9 Å². The third kappa shape index (κ3) is 36.0. The van der Waals surface area contributed by atoms with Gasteiger partial charge in [0, 0.05) is 0 Å². The van der Waals surface area contributed by atoms with E-state index < -0.39 is 18.4 Å². The van der Waals surface area contributed by atoms with Crippen molar-refractivity contribution in [3.8, 4) is 0 Å². The highest BCUT2D eigenvalue weighted by molar-refractivity contribution is 5.89. The lowest BCUT2D eigenvalue weighted by Gasteiger charge is -2.14. The summed E-state index contributed by atoms with van der Waals surface area (Å²) in [6, 6.07) is 0. The van der Waals surface area contributed by atoms with Gasteiger partial charge in [0.1, 0.15) is 6.42 Å². The number of rotatable bonds is 2. The number of esters is 1. The first-order chi connectivity index (χ1) is 5.66. The summed E-state index contributed by atoms with van der Waals surface area (Å²) in [5, 5.41) is 7.91. The van der Waals surface area contributed by atoms with E-state index in [9.17, 15) is 9.59 Å². The maximum absolute atomic E-state index is 10.0. The molecule has 0 aromatic rings. The van der Waals surface area contributed by atoms with Crippen molar-refractivity contribution in [3.05, 3.63) is 0 Å². The minimum Gasteiger partial charge on any atom is -0.481 e. The summed E-state index contributed by atoms with van der Waals surface area (Å²) < 4.78 is 5.04. The minimum atomic E-state index is -1.17. The fraction of sp³-hybridized carbons (Fsp3) is 0.750. The van der Waals surface area contributed by atoms with E-state index in [1.807, 2.05) is 0 Å². The third-order valence-corrected chi connectivity index (χ3v) is 0.523. The summed E-state index contributed by atoms with van der Waals surface area (Å²) in [6.07, 6.45) is -0.559. The molecule has 0 saturated heterocycles. The third-order valence-electron chi connectivity index (χ3n) is 0.523. The molecule has 0 unspecified atom stereocenters. The molecule has 0 fully saturated rings. The second-order valence-electron chi connectivity index (χ2n) is 3.83. The molecular formula is C8H18NO4+. The van der Waals surface area contributed by atoms with Crippen molar-refractivity contribution in [1.82, 2.24) is 0 Å². The van der Waals surface area contributed by atoms with Crippen LogP contribution in [-0.2, 0) is 14.3 Å². The van der Waals surface area contributed by atoms with Crippen LogP contribution in [0.25, 0.3) is 0 Å². The Morgan fingerprint density at radius 1 is 1.23 bits per heavy atom. The number of quaternary nitrogens is 1. The van der Waals surface area contributed by atoms with Crippen LogP contribution in [-0.4, -0.2) is 56.8 Å². The lowest BCUT2D eigenvalue weighted by atomic mass is 10.4. The van der Waals surface area contributed by atoms with Crippen molar-refractivity contribution in [1.29, 1.82) is 0 Å². The van der Waals surface area contributed by atoms with Gasteiger partial charge >= 0.3 is 11.9 Å². The van der Waals surface area contributed by atoms with Crippen molar-refractivity contribution in [2.75, 3.05) is 35.3 Å². The first-order valence-electron chi connectivity index (χ1n) is 3.74. The molecular weight excluding hydrogens is 174 g/mol. The van der Waals surface area contributed by atoms with Crippen LogP contribution in [0.4, 0.5) is 0 Å². The number of carbonyl (C=O) groups excluding carboxylic acids is 1. The van der Waals surface area contributed by atoms with Crippen LogP contribution < -0.4 is 0 Å². The number of nitrogens with zero attached hydrogens (tertiary/aromatic N) is 1. The van der Waals surface area contributed by atoms with Crippen molar-refractivity contribution in [2.45, 2.75) is 6.42 Å². The zero-order valence-corrected chi connectivity index (χ0v) is 8.83. The van der Waals surface area contributed by atoms with Crippen molar-refractivity contribution in [3.63, 3.8) is 0 Å². The summed E-state index contributed by atoms with van der Waals surface area (Å²) in [5.41, 5.74) is 0. The molecule has 0 aromatic carbocycles. The van der Waals surface area contributed by atoms with Crippen LogP contribution >= 0.6 is 0 Å². The molecule has 0 amide bonds. The number of aliphatic carboxylic acids is 1. The number of methoxy groups -OCH3 is 1. The number of hydrogen-bond acceptors (Lipinski definition) is 3. The number of carbonyl (C=O) groups is 2. The Balaban J connectivity index is 0. The summed E-state index contributed by atoms with van der Waals surface area (Å²) in [4.78, 5) is 19.7. The lowest BCUT2D eigenvalue weighted by Crippen LogP contribution is -2.27. The van der Waals surface area contributed by atoms with E-state index >= 15 is 0 Å². The van der Waals surface area contributed by atoms with Crippen LogP contribution in [0, 0.1) is 0 Å². The van der Waals surface area contributed by atoms with Crippen LogP contribution in [0.1, 0.15) is 6.42 Å². The highest BCUT2D eigenvalue weighted by Crippen LogP contribution is 1.81. The normalized spacial score (nSPS) is 9.62. The van der Waals surface area contributed by atoms with E-state index in [2.05, 4.69) is 32.9 Å². The van der Waals surface area contributed by atoms with Gasteiger partial charge in [-0.3, -0.25) is 9.59 Å². The number of ether oxygens (including phenoxy) is 1. The fourth-order valence-corrected chi connectivity index (χ4v) is 0.196. The molecule has 5 heteroatoms. The van der Waals surface area contributed by atoms with E-state index in [0.717, 1.165) is 11.6 Å². The predicted molar refractivity (Wildman–Crippen MR) is 48.2 cm³/mol. The monoisotopic (exact) mass is 192 g/mol. The number of hydrogen-bond donors (Lipinski definition) is 1. The van der Waals surface area contributed by atoms with E-state index in [0.29, 0.717) is 0 Å². The second-order valence-corrected chi connectivity index (χ2v) is 3.83. The molecule has 0 aliphatic rings. The molecule has 5 nitrogen and oxygen atoms in total. The van der Waals surface area contributed by atoms with Gasteiger partial charge in [-0.05, 0) is 0 Å². The first-order valence-corrected chi connectivity index (χ1v) is 3.74. The van der Waals surface area contributed by atoms with Crippen LogP contribution in [0.5, 0.6) is 0 Å². The minimum absolute atomic E-state index is 0.559. The molecule has 13 heavy (non-hydrogen) atoms. The number of carboxylic acid groups (broad SMARTS) is 1. The standard InChI is InChI=1S/C4H12N.C4H6O4/c1-5(2,3)4;1-8-4(7)2-3(5)6/h1-4H3;2H2,1H3,(H,5,6)/q+1;. The Labute approximate surface area is 78.5 Å². The van der Waals surface area contributed by atoms with E-state index in [-0.39, 0.29) is 0 Å². The molecule has 0 saturated carbocycles. The summed E-state index contributed by atoms with van der Waals surface area (Å²) in [5.74, 6) is -1.89. The SMILES string of the molecule is COC(=O)CC(=O)O.C[N+](C)(C)C. The Hall–Kier alpha value is -1.10. The van der Waals surface area contributed by atoms with Gasteiger partial charge in [-0.25, -0.2) is 0 Å². The lowest BCUT2D eigenvalue weighted by molar-refractivity contribution is -0.849. The summed E-state index contributed by atoms with van der Waals surface area (Å²) in [7, 11) is 9.64. The quantitative estimate of drug-likeness (QED) is 0.379. The topological polar surface area (TPSA) is 63.6 Å². The fourth-order valence-electron chi connectivity index (χ4n) is 0.196. The van der Waals surface area contributed by atoms with Crippen molar-refractivity contribution >= 4 is 11.9 Å². The van der Waals surface area contributed by atoms with Crippen LogP contribution in [0.3, 0.4) is 0 Å². The molecule has 0 aliphatic heterocycles. The first kappa shape index (κ1) is 14.4. The highest BCUT2D eigenvalue weighted by atomic mass is 16.5. The number of carboxylic acids is 1. The average Bonchev–Trinajstić information content (AvgIpc) is 1.82. The van der Waals surface area contributed by atoms with Gasteiger partial charge in [0.2, 0.25) is 0 Å². The summed E-state index contributed by atoms with van der Waals surface area (Å²) in [6.45, 7) is 0.